The summed E-state index contributed by atoms with van der Waals surface area (Å²) in [5.74, 6) is -0.447. The lowest BCUT2D eigenvalue weighted by Crippen LogP contribution is -2.31. The molecule has 0 aliphatic carbocycles. The Morgan fingerprint density at radius 3 is 2.62 bits per heavy atom. The summed E-state index contributed by atoms with van der Waals surface area (Å²) in [7, 11) is 0. The van der Waals surface area contributed by atoms with Gasteiger partial charge in [0.1, 0.15) is 12.0 Å². The Labute approximate surface area is 121 Å². The van der Waals surface area contributed by atoms with Gasteiger partial charge >= 0.3 is 0 Å². The second-order valence-electron chi connectivity index (χ2n) is 4.27. The van der Waals surface area contributed by atoms with Crippen molar-refractivity contribution in [3.63, 3.8) is 0 Å². The van der Waals surface area contributed by atoms with Crippen LogP contribution in [0.4, 0.5) is 17.2 Å². The number of benzene rings is 1. The summed E-state index contributed by atoms with van der Waals surface area (Å²) < 4.78 is 0. The van der Waals surface area contributed by atoms with E-state index in [1.165, 1.54) is 4.90 Å². The third-order valence-corrected chi connectivity index (χ3v) is 2.97. The maximum Gasteiger partial charge on any atom is 0.288 e. The number of nitrogens with two attached hydrogens (primary N) is 1. The Bertz CT molecular complexity index is 673. The number of pyridine rings is 1. The van der Waals surface area contributed by atoms with Gasteiger partial charge in [-0.15, -0.1) is 0 Å². The second-order valence-corrected chi connectivity index (χ2v) is 4.27. The van der Waals surface area contributed by atoms with Gasteiger partial charge in [-0.2, -0.15) is 0 Å². The number of carbonyl (C=O) groups excluding carboxylic acids is 1. The molecule has 1 amide bonds. The first-order valence-corrected chi connectivity index (χ1v) is 6.31. The lowest BCUT2D eigenvalue weighted by Gasteiger charge is -2.21. The fourth-order valence-corrected chi connectivity index (χ4v) is 1.93. The molecule has 2 N–H and O–H groups in total. The van der Waals surface area contributed by atoms with E-state index in [9.17, 15) is 14.9 Å². The third kappa shape index (κ3) is 2.97. The van der Waals surface area contributed by atoms with Crippen LogP contribution in [0.1, 0.15) is 17.3 Å². The van der Waals surface area contributed by atoms with Crippen LogP contribution < -0.4 is 10.6 Å². The Morgan fingerprint density at radius 2 is 2.05 bits per heavy atom. The first-order chi connectivity index (χ1) is 10.0. The quantitative estimate of drug-likeness (QED) is 0.685. The molecule has 7 nitrogen and oxygen atoms in total. The number of hydrogen-bond donors (Lipinski definition) is 1. The lowest BCUT2D eigenvalue weighted by molar-refractivity contribution is -0.385. The zero-order valence-electron chi connectivity index (χ0n) is 11.4. The average Bonchev–Trinajstić information content (AvgIpc) is 2.49. The normalized spacial score (nSPS) is 10.1. The maximum absolute atomic E-state index is 12.6. The molecule has 0 atom stereocenters. The van der Waals surface area contributed by atoms with E-state index in [4.69, 9.17) is 5.73 Å². The van der Waals surface area contributed by atoms with Crippen molar-refractivity contribution in [2.45, 2.75) is 6.92 Å². The highest BCUT2D eigenvalue weighted by molar-refractivity contribution is 6.09. The van der Waals surface area contributed by atoms with Crippen LogP contribution in [0.5, 0.6) is 0 Å². The van der Waals surface area contributed by atoms with E-state index in [1.807, 2.05) is 13.0 Å². The van der Waals surface area contributed by atoms with Crippen LogP contribution in [0, 0.1) is 10.1 Å². The minimum absolute atomic E-state index is 0.0231. The van der Waals surface area contributed by atoms with E-state index in [0.717, 1.165) is 12.3 Å². The third-order valence-electron chi connectivity index (χ3n) is 2.97. The molecule has 0 bridgehead atoms. The van der Waals surface area contributed by atoms with Gasteiger partial charge in [-0.05, 0) is 19.1 Å². The summed E-state index contributed by atoms with van der Waals surface area (Å²) in [6.07, 6.45) is 1.03. The molecule has 1 aromatic carbocycles. The number of amides is 1. The molecule has 0 radical (unpaired) electrons. The summed E-state index contributed by atoms with van der Waals surface area (Å²) in [4.78, 5) is 27.9. The summed E-state index contributed by atoms with van der Waals surface area (Å²) in [5, 5.41) is 10.8. The van der Waals surface area contributed by atoms with Crippen molar-refractivity contribution in [3.8, 4) is 0 Å². The molecule has 0 aliphatic rings. The molecule has 0 spiro atoms. The minimum Gasteiger partial charge on any atom is -0.383 e. The summed E-state index contributed by atoms with van der Waals surface area (Å²) in [6, 6.07) is 10.2. The van der Waals surface area contributed by atoms with E-state index in [0.29, 0.717) is 12.2 Å². The second kappa shape index (κ2) is 6.00. The van der Waals surface area contributed by atoms with Gasteiger partial charge in [0.15, 0.2) is 0 Å². The van der Waals surface area contributed by atoms with Crippen molar-refractivity contribution in [2.24, 2.45) is 0 Å². The van der Waals surface area contributed by atoms with Crippen LogP contribution in [-0.2, 0) is 0 Å². The molecule has 0 aliphatic heterocycles. The molecule has 1 aromatic heterocycles. The first kappa shape index (κ1) is 14.4. The van der Waals surface area contributed by atoms with E-state index < -0.39 is 10.8 Å². The van der Waals surface area contributed by atoms with Gasteiger partial charge in [0.2, 0.25) is 0 Å². The smallest absolute Gasteiger partial charge is 0.288 e. The zero-order valence-corrected chi connectivity index (χ0v) is 11.4. The Hall–Kier alpha value is -2.96. The number of aromatic nitrogens is 1. The predicted octanol–water partition coefficient (Wildman–Crippen LogP) is 2.24. The Morgan fingerprint density at radius 1 is 1.38 bits per heavy atom. The molecule has 1 heterocycles. The topological polar surface area (TPSA) is 102 Å². The van der Waals surface area contributed by atoms with Crippen molar-refractivity contribution in [1.82, 2.24) is 4.98 Å². The van der Waals surface area contributed by atoms with Gasteiger partial charge in [-0.1, -0.05) is 18.2 Å². The summed E-state index contributed by atoms with van der Waals surface area (Å²) >= 11 is 0. The average molecular weight is 286 g/mol. The summed E-state index contributed by atoms with van der Waals surface area (Å²) in [6.45, 7) is 2.22. The number of para-hydroxylation sites is 1. The summed E-state index contributed by atoms with van der Waals surface area (Å²) in [5.41, 5.74) is 6.13. The van der Waals surface area contributed by atoms with E-state index in [-0.39, 0.29) is 17.1 Å². The molecule has 2 aromatic rings. The molecule has 2 rings (SSSR count). The molecule has 108 valence electrons. The molecule has 0 saturated carbocycles. The standard InChI is InChI=1S/C14H14N4O3/c1-2-17(10-6-4-3-5-7-10)14(19)12-8-11(18(20)21)9-16-13(12)15/h3-9H,2H2,1H3,(H2,15,16). The maximum atomic E-state index is 12.6. The monoisotopic (exact) mass is 286 g/mol. The number of rotatable bonds is 4. The number of nitro groups is 1. The Kier molecular flexibility index (Phi) is 4.13. The van der Waals surface area contributed by atoms with Crippen LogP contribution >= 0.6 is 0 Å². The van der Waals surface area contributed by atoms with Crippen LogP contribution in [-0.4, -0.2) is 22.4 Å². The predicted molar refractivity (Wildman–Crippen MR) is 79.1 cm³/mol. The largest absolute Gasteiger partial charge is 0.383 e. The zero-order chi connectivity index (χ0) is 15.4. The van der Waals surface area contributed by atoms with E-state index in [1.54, 1.807) is 24.3 Å². The molecular formula is C14H14N4O3. The lowest BCUT2D eigenvalue weighted by atomic mass is 10.2. The van der Waals surface area contributed by atoms with Crippen molar-refractivity contribution >= 4 is 23.1 Å². The van der Waals surface area contributed by atoms with Crippen LogP contribution in [0.25, 0.3) is 0 Å². The fourth-order valence-electron chi connectivity index (χ4n) is 1.93. The van der Waals surface area contributed by atoms with Crippen LogP contribution in [0.3, 0.4) is 0 Å². The van der Waals surface area contributed by atoms with E-state index in [2.05, 4.69) is 4.98 Å². The Balaban J connectivity index is 2.43. The van der Waals surface area contributed by atoms with Gasteiger partial charge < -0.3 is 10.6 Å². The molecule has 0 fully saturated rings. The molecule has 0 unspecified atom stereocenters. The van der Waals surface area contributed by atoms with Crippen molar-refractivity contribution in [2.75, 3.05) is 17.2 Å². The number of anilines is 2. The molecule has 21 heavy (non-hydrogen) atoms. The highest BCUT2D eigenvalue weighted by atomic mass is 16.6. The van der Waals surface area contributed by atoms with Gasteiger partial charge in [0.25, 0.3) is 11.6 Å². The molecular weight excluding hydrogens is 272 g/mol. The highest BCUT2D eigenvalue weighted by Gasteiger charge is 2.22. The van der Waals surface area contributed by atoms with E-state index >= 15 is 0 Å². The van der Waals surface area contributed by atoms with Gasteiger partial charge in [0, 0.05) is 18.3 Å². The molecule has 0 saturated heterocycles. The van der Waals surface area contributed by atoms with Crippen molar-refractivity contribution < 1.29 is 9.72 Å². The number of hydrogen-bond acceptors (Lipinski definition) is 5. The highest BCUT2D eigenvalue weighted by Crippen LogP contribution is 2.22. The van der Waals surface area contributed by atoms with Crippen LogP contribution in [0.15, 0.2) is 42.6 Å². The minimum atomic E-state index is -0.609. The van der Waals surface area contributed by atoms with Gasteiger partial charge in [-0.25, -0.2) is 4.98 Å². The van der Waals surface area contributed by atoms with Gasteiger partial charge in [-0.3, -0.25) is 14.9 Å². The number of nitrogen functional groups attached to an aromatic ring is 1. The van der Waals surface area contributed by atoms with Crippen molar-refractivity contribution in [1.29, 1.82) is 0 Å². The first-order valence-electron chi connectivity index (χ1n) is 6.31. The molecule has 7 heteroatoms. The van der Waals surface area contributed by atoms with Crippen molar-refractivity contribution in [3.05, 3.63) is 58.3 Å². The fraction of sp³-hybridized carbons (Fsp3) is 0.143. The van der Waals surface area contributed by atoms with Gasteiger partial charge in [0.05, 0.1) is 10.5 Å². The van der Waals surface area contributed by atoms with Crippen LogP contribution in [0.2, 0.25) is 0 Å². The SMILES string of the molecule is CCN(C(=O)c1cc([N+](=O)[O-])cnc1N)c1ccccc1. The number of carbonyl (C=O) groups is 1. The number of nitrogens with zero attached hydrogens (tertiary/aromatic N) is 3.